The monoisotopic (exact) mass is 306 g/mol. The third kappa shape index (κ3) is 3.62. The van der Waals surface area contributed by atoms with Crippen LogP contribution in [0.3, 0.4) is 0 Å². The van der Waals surface area contributed by atoms with E-state index in [1.54, 1.807) is 4.68 Å². The van der Waals surface area contributed by atoms with Crippen LogP contribution >= 0.6 is 11.6 Å². The van der Waals surface area contributed by atoms with Gasteiger partial charge in [0.05, 0.1) is 5.69 Å². The van der Waals surface area contributed by atoms with Crippen LogP contribution in [-0.2, 0) is 18.4 Å². The Bertz CT molecular complexity index is 646. The smallest absolute Gasteiger partial charge is 0.222 e. The van der Waals surface area contributed by atoms with Gasteiger partial charge in [0, 0.05) is 36.7 Å². The predicted molar refractivity (Wildman–Crippen MR) is 85.3 cm³/mol. The maximum Gasteiger partial charge on any atom is 0.222 e. The van der Waals surface area contributed by atoms with E-state index < -0.39 is 0 Å². The van der Waals surface area contributed by atoms with Crippen molar-refractivity contribution in [3.05, 3.63) is 34.9 Å². The van der Waals surface area contributed by atoms with E-state index in [1.807, 2.05) is 50.3 Å². The minimum absolute atomic E-state index is 0.110. The van der Waals surface area contributed by atoms with Crippen LogP contribution in [0.4, 0.5) is 5.82 Å². The summed E-state index contributed by atoms with van der Waals surface area (Å²) >= 11 is 5.94. The third-order valence-corrected chi connectivity index (χ3v) is 3.28. The molecular weight excluding hydrogens is 288 g/mol. The number of amides is 1. The van der Waals surface area contributed by atoms with Crippen LogP contribution in [-0.4, -0.2) is 34.7 Å². The number of anilines is 1. The number of carbonyl (C=O) groups excluding carboxylic acids is 1. The standard InChI is InChI=1S/C15H19ClN4O/c1-10(21)17-15-13(9-19(2)3)14(18-20(15)4)11-5-7-12(16)8-6-11/h5-8H,9H2,1-4H3,(H,17,21). The van der Waals surface area contributed by atoms with Gasteiger partial charge < -0.3 is 10.2 Å². The molecule has 1 aromatic carbocycles. The van der Waals surface area contributed by atoms with Crippen LogP contribution in [0, 0.1) is 0 Å². The van der Waals surface area contributed by atoms with Crippen LogP contribution in [0.5, 0.6) is 0 Å². The maximum absolute atomic E-state index is 11.4. The highest BCUT2D eigenvalue weighted by Gasteiger charge is 2.19. The summed E-state index contributed by atoms with van der Waals surface area (Å²) in [4.78, 5) is 13.5. The first kappa shape index (κ1) is 15.5. The van der Waals surface area contributed by atoms with Gasteiger partial charge in [-0.1, -0.05) is 23.7 Å². The van der Waals surface area contributed by atoms with Gasteiger partial charge in [0.15, 0.2) is 0 Å². The van der Waals surface area contributed by atoms with Crippen LogP contribution in [0.1, 0.15) is 12.5 Å². The van der Waals surface area contributed by atoms with Gasteiger partial charge in [-0.2, -0.15) is 5.10 Å². The van der Waals surface area contributed by atoms with Gasteiger partial charge in [-0.15, -0.1) is 0 Å². The molecule has 0 aliphatic heterocycles. The third-order valence-electron chi connectivity index (χ3n) is 3.03. The second-order valence-electron chi connectivity index (χ2n) is 5.23. The van der Waals surface area contributed by atoms with Crippen molar-refractivity contribution in [2.45, 2.75) is 13.5 Å². The Morgan fingerprint density at radius 3 is 2.48 bits per heavy atom. The number of aryl methyl sites for hydroxylation is 1. The fraction of sp³-hybridized carbons (Fsp3) is 0.333. The average Bonchev–Trinajstić information content (AvgIpc) is 2.67. The van der Waals surface area contributed by atoms with E-state index in [0.717, 1.165) is 22.6 Å². The first-order chi connectivity index (χ1) is 9.88. The number of benzene rings is 1. The fourth-order valence-electron chi connectivity index (χ4n) is 2.20. The van der Waals surface area contributed by atoms with Gasteiger partial charge in [-0.25, -0.2) is 0 Å². The topological polar surface area (TPSA) is 50.2 Å². The number of nitrogens with zero attached hydrogens (tertiary/aromatic N) is 3. The van der Waals surface area contributed by atoms with E-state index in [2.05, 4.69) is 10.4 Å². The highest BCUT2D eigenvalue weighted by Crippen LogP contribution is 2.30. The lowest BCUT2D eigenvalue weighted by Gasteiger charge is -2.12. The highest BCUT2D eigenvalue weighted by molar-refractivity contribution is 6.30. The van der Waals surface area contributed by atoms with Crippen molar-refractivity contribution in [1.82, 2.24) is 14.7 Å². The Balaban J connectivity index is 2.54. The van der Waals surface area contributed by atoms with E-state index in [1.165, 1.54) is 6.92 Å². The number of halogens is 1. The van der Waals surface area contributed by atoms with Gasteiger partial charge in [-0.3, -0.25) is 9.48 Å². The first-order valence-corrected chi connectivity index (χ1v) is 7.00. The van der Waals surface area contributed by atoms with Gasteiger partial charge in [-0.05, 0) is 26.2 Å². The SMILES string of the molecule is CC(=O)Nc1c(CN(C)C)c(-c2ccc(Cl)cc2)nn1C. The molecule has 0 aliphatic carbocycles. The molecule has 1 aromatic heterocycles. The molecule has 112 valence electrons. The first-order valence-electron chi connectivity index (χ1n) is 6.62. The minimum Gasteiger partial charge on any atom is -0.311 e. The molecule has 0 fully saturated rings. The number of carbonyl (C=O) groups is 1. The van der Waals surface area contributed by atoms with E-state index >= 15 is 0 Å². The van der Waals surface area contributed by atoms with Crippen molar-refractivity contribution in [3.8, 4) is 11.3 Å². The van der Waals surface area contributed by atoms with Crippen molar-refractivity contribution in [3.63, 3.8) is 0 Å². The maximum atomic E-state index is 11.4. The second-order valence-corrected chi connectivity index (χ2v) is 5.66. The Labute approximate surface area is 129 Å². The van der Waals surface area contributed by atoms with Gasteiger partial charge in [0.1, 0.15) is 5.82 Å². The number of hydrogen-bond acceptors (Lipinski definition) is 3. The van der Waals surface area contributed by atoms with Crippen molar-refractivity contribution < 1.29 is 4.79 Å². The highest BCUT2D eigenvalue weighted by atomic mass is 35.5. The van der Waals surface area contributed by atoms with Gasteiger partial charge >= 0.3 is 0 Å². The van der Waals surface area contributed by atoms with Crippen LogP contribution in [0.25, 0.3) is 11.3 Å². The quantitative estimate of drug-likeness (QED) is 0.945. The molecule has 0 atom stereocenters. The molecule has 5 nitrogen and oxygen atoms in total. The zero-order valence-electron chi connectivity index (χ0n) is 12.6. The van der Waals surface area contributed by atoms with Gasteiger partial charge in [0.25, 0.3) is 0 Å². The van der Waals surface area contributed by atoms with Crippen LogP contribution in [0.15, 0.2) is 24.3 Å². The van der Waals surface area contributed by atoms with E-state index in [4.69, 9.17) is 11.6 Å². The number of hydrogen-bond donors (Lipinski definition) is 1. The predicted octanol–water partition coefficient (Wildman–Crippen LogP) is 2.76. The van der Waals surface area contributed by atoms with Crippen molar-refractivity contribution >= 4 is 23.3 Å². The summed E-state index contributed by atoms with van der Waals surface area (Å²) in [6, 6.07) is 7.54. The molecule has 2 aromatic rings. The normalized spacial score (nSPS) is 11.0. The Morgan fingerprint density at radius 2 is 1.95 bits per heavy atom. The molecule has 1 amide bonds. The summed E-state index contributed by atoms with van der Waals surface area (Å²) < 4.78 is 1.70. The molecule has 0 unspecified atom stereocenters. The largest absolute Gasteiger partial charge is 0.311 e. The van der Waals surface area contributed by atoms with Crippen molar-refractivity contribution in [2.75, 3.05) is 19.4 Å². The molecule has 21 heavy (non-hydrogen) atoms. The molecular formula is C15H19ClN4O. The summed E-state index contributed by atoms with van der Waals surface area (Å²) in [6.45, 7) is 2.18. The molecule has 0 radical (unpaired) electrons. The molecule has 0 saturated heterocycles. The number of nitrogens with one attached hydrogen (secondary N) is 1. The van der Waals surface area contributed by atoms with Gasteiger partial charge in [0.2, 0.25) is 5.91 Å². The lowest BCUT2D eigenvalue weighted by atomic mass is 10.1. The average molecular weight is 307 g/mol. The molecule has 0 spiro atoms. The summed E-state index contributed by atoms with van der Waals surface area (Å²) in [5.74, 6) is 0.613. The van der Waals surface area contributed by atoms with E-state index in [0.29, 0.717) is 11.6 Å². The number of rotatable bonds is 4. The Hall–Kier alpha value is -1.85. The number of aromatic nitrogens is 2. The van der Waals surface area contributed by atoms with E-state index in [-0.39, 0.29) is 5.91 Å². The molecule has 0 saturated carbocycles. The minimum atomic E-state index is -0.110. The summed E-state index contributed by atoms with van der Waals surface area (Å²) in [6.07, 6.45) is 0. The molecule has 1 N–H and O–H groups in total. The zero-order chi connectivity index (χ0) is 15.6. The fourth-order valence-corrected chi connectivity index (χ4v) is 2.32. The molecule has 2 rings (SSSR count). The van der Waals surface area contributed by atoms with Crippen molar-refractivity contribution in [1.29, 1.82) is 0 Å². The Kier molecular flexibility index (Phi) is 4.65. The molecule has 0 aliphatic rings. The van der Waals surface area contributed by atoms with Crippen LogP contribution < -0.4 is 5.32 Å². The lowest BCUT2D eigenvalue weighted by Crippen LogP contribution is -2.15. The molecule has 6 heteroatoms. The second kappa shape index (κ2) is 6.28. The molecule has 1 heterocycles. The van der Waals surface area contributed by atoms with Crippen molar-refractivity contribution in [2.24, 2.45) is 7.05 Å². The summed E-state index contributed by atoms with van der Waals surface area (Å²) in [5, 5.41) is 8.09. The molecule has 0 bridgehead atoms. The van der Waals surface area contributed by atoms with E-state index in [9.17, 15) is 4.79 Å². The lowest BCUT2D eigenvalue weighted by molar-refractivity contribution is -0.114. The summed E-state index contributed by atoms with van der Waals surface area (Å²) in [7, 11) is 5.79. The zero-order valence-corrected chi connectivity index (χ0v) is 13.4. The summed E-state index contributed by atoms with van der Waals surface area (Å²) in [5.41, 5.74) is 2.81. The Morgan fingerprint density at radius 1 is 1.33 bits per heavy atom. The van der Waals surface area contributed by atoms with Crippen LogP contribution in [0.2, 0.25) is 5.02 Å².